The summed E-state index contributed by atoms with van der Waals surface area (Å²) >= 11 is 0. The fraction of sp³-hybridized carbons (Fsp3) is 0.167. The van der Waals surface area contributed by atoms with E-state index in [1.165, 1.54) is 12.3 Å². The molecule has 1 aromatic carbocycles. The first-order chi connectivity index (χ1) is 12.1. The summed E-state index contributed by atoms with van der Waals surface area (Å²) in [5.74, 6) is 0.672. The standard InChI is InChI=1S/C18H17FN4O2/c1-12-8-17(23-25-12)22-15-9-14(10-20-11-15)18(24)21-7-6-13-4-2-3-5-16(13)19/h2-5,8-11H,6-7H2,1H3,(H,21,24)(H,22,23). The molecule has 0 atom stereocenters. The van der Waals surface area contributed by atoms with Crippen LogP contribution in [0.2, 0.25) is 0 Å². The monoisotopic (exact) mass is 340 g/mol. The summed E-state index contributed by atoms with van der Waals surface area (Å²) in [6.45, 7) is 2.12. The maximum absolute atomic E-state index is 13.6. The van der Waals surface area contributed by atoms with Crippen molar-refractivity contribution in [3.8, 4) is 0 Å². The number of halogens is 1. The molecule has 0 fully saturated rings. The molecule has 2 aromatic heterocycles. The summed E-state index contributed by atoms with van der Waals surface area (Å²) < 4.78 is 18.5. The predicted octanol–water partition coefficient (Wildman–Crippen LogP) is 3.23. The van der Waals surface area contributed by atoms with Crippen molar-refractivity contribution in [1.82, 2.24) is 15.5 Å². The number of benzene rings is 1. The van der Waals surface area contributed by atoms with E-state index in [1.807, 2.05) is 0 Å². The zero-order chi connectivity index (χ0) is 17.6. The topological polar surface area (TPSA) is 80.0 Å². The van der Waals surface area contributed by atoms with Crippen molar-refractivity contribution in [3.05, 3.63) is 71.5 Å². The van der Waals surface area contributed by atoms with Crippen LogP contribution in [0.5, 0.6) is 0 Å². The molecule has 0 aliphatic rings. The lowest BCUT2D eigenvalue weighted by molar-refractivity contribution is 0.0953. The van der Waals surface area contributed by atoms with Crippen LogP contribution < -0.4 is 10.6 Å². The SMILES string of the molecule is Cc1cc(Nc2cncc(C(=O)NCCc3ccccc3F)c2)no1. The second-order valence-corrected chi connectivity index (χ2v) is 5.51. The first-order valence-electron chi connectivity index (χ1n) is 7.79. The van der Waals surface area contributed by atoms with Crippen LogP contribution in [0.3, 0.4) is 0 Å². The molecule has 128 valence electrons. The maximum Gasteiger partial charge on any atom is 0.252 e. The minimum atomic E-state index is -0.274. The highest BCUT2D eigenvalue weighted by Crippen LogP contribution is 2.16. The Morgan fingerprint density at radius 3 is 2.84 bits per heavy atom. The van der Waals surface area contributed by atoms with Crippen LogP contribution in [-0.4, -0.2) is 22.6 Å². The number of anilines is 2. The van der Waals surface area contributed by atoms with Gasteiger partial charge in [-0.1, -0.05) is 23.4 Å². The highest BCUT2D eigenvalue weighted by molar-refractivity contribution is 5.94. The lowest BCUT2D eigenvalue weighted by atomic mass is 10.1. The van der Waals surface area contributed by atoms with Gasteiger partial charge in [-0.2, -0.15) is 0 Å². The van der Waals surface area contributed by atoms with Gasteiger partial charge in [0.2, 0.25) is 0 Å². The Morgan fingerprint density at radius 1 is 1.24 bits per heavy atom. The zero-order valence-electron chi connectivity index (χ0n) is 13.6. The second-order valence-electron chi connectivity index (χ2n) is 5.51. The van der Waals surface area contributed by atoms with E-state index in [1.54, 1.807) is 43.5 Å². The van der Waals surface area contributed by atoms with Crippen molar-refractivity contribution in [2.75, 3.05) is 11.9 Å². The fourth-order valence-electron chi connectivity index (χ4n) is 2.32. The summed E-state index contributed by atoms with van der Waals surface area (Å²) in [6.07, 6.45) is 3.47. The Kier molecular flexibility index (Phi) is 5.03. The third-order valence-corrected chi connectivity index (χ3v) is 3.54. The first-order valence-corrected chi connectivity index (χ1v) is 7.79. The van der Waals surface area contributed by atoms with Crippen molar-refractivity contribution in [3.63, 3.8) is 0 Å². The van der Waals surface area contributed by atoms with Crippen LogP contribution in [0.4, 0.5) is 15.9 Å². The summed E-state index contributed by atoms with van der Waals surface area (Å²) in [7, 11) is 0. The molecule has 0 radical (unpaired) electrons. The van der Waals surface area contributed by atoms with Crippen molar-refractivity contribution >= 4 is 17.4 Å². The molecule has 0 unspecified atom stereocenters. The first kappa shape index (κ1) is 16.6. The third kappa shape index (κ3) is 4.41. The van der Waals surface area contributed by atoms with Gasteiger partial charge in [-0.25, -0.2) is 4.39 Å². The average molecular weight is 340 g/mol. The number of hydrogen-bond acceptors (Lipinski definition) is 5. The summed E-state index contributed by atoms with van der Waals surface area (Å²) in [5, 5.41) is 9.60. The largest absolute Gasteiger partial charge is 0.360 e. The van der Waals surface area contributed by atoms with Gasteiger partial charge < -0.3 is 15.2 Å². The van der Waals surface area contributed by atoms with Crippen molar-refractivity contribution < 1.29 is 13.7 Å². The van der Waals surface area contributed by atoms with E-state index in [-0.39, 0.29) is 11.7 Å². The van der Waals surface area contributed by atoms with Gasteiger partial charge in [-0.15, -0.1) is 0 Å². The number of nitrogens with zero attached hydrogens (tertiary/aromatic N) is 2. The van der Waals surface area contributed by atoms with Crippen LogP contribution in [0.1, 0.15) is 21.7 Å². The maximum atomic E-state index is 13.6. The van der Waals surface area contributed by atoms with Crippen molar-refractivity contribution in [2.45, 2.75) is 13.3 Å². The Morgan fingerprint density at radius 2 is 2.08 bits per heavy atom. The summed E-state index contributed by atoms with van der Waals surface area (Å²) in [6, 6.07) is 9.91. The fourth-order valence-corrected chi connectivity index (χ4v) is 2.32. The molecule has 0 saturated heterocycles. The number of carbonyl (C=O) groups excluding carboxylic acids is 1. The Balaban J connectivity index is 1.58. The lowest BCUT2D eigenvalue weighted by Gasteiger charge is -2.07. The molecule has 0 saturated carbocycles. The molecular weight excluding hydrogens is 323 g/mol. The highest BCUT2D eigenvalue weighted by Gasteiger charge is 2.09. The predicted molar refractivity (Wildman–Crippen MR) is 91.2 cm³/mol. The normalized spacial score (nSPS) is 10.5. The number of carbonyl (C=O) groups is 1. The zero-order valence-corrected chi connectivity index (χ0v) is 13.6. The molecule has 1 amide bonds. The number of pyridine rings is 1. The van der Waals surface area contributed by atoms with Gasteiger partial charge in [0, 0.05) is 18.8 Å². The molecular formula is C18H17FN4O2. The Bertz CT molecular complexity index is 879. The van der Waals surface area contributed by atoms with Crippen molar-refractivity contribution in [1.29, 1.82) is 0 Å². The number of nitrogens with one attached hydrogen (secondary N) is 2. The number of hydrogen-bond donors (Lipinski definition) is 2. The van der Waals surface area contributed by atoms with Crippen LogP contribution >= 0.6 is 0 Å². The molecule has 0 aliphatic carbocycles. The summed E-state index contributed by atoms with van der Waals surface area (Å²) in [5.41, 5.74) is 1.59. The van der Waals surface area contributed by atoms with Gasteiger partial charge in [-0.3, -0.25) is 9.78 Å². The van der Waals surface area contributed by atoms with Crippen LogP contribution in [0, 0.1) is 12.7 Å². The van der Waals surface area contributed by atoms with E-state index in [4.69, 9.17) is 4.52 Å². The van der Waals surface area contributed by atoms with E-state index < -0.39 is 0 Å². The highest BCUT2D eigenvalue weighted by atomic mass is 19.1. The minimum Gasteiger partial charge on any atom is -0.360 e. The molecule has 6 nitrogen and oxygen atoms in total. The lowest BCUT2D eigenvalue weighted by Crippen LogP contribution is -2.26. The van der Waals surface area contributed by atoms with Crippen LogP contribution in [-0.2, 0) is 6.42 Å². The van der Waals surface area contributed by atoms with Gasteiger partial charge in [0.05, 0.1) is 17.4 Å². The molecule has 0 aliphatic heterocycles. The smallest absolute Gasteiger partial charge is 0.252 e. The Hall–Kier alpha value is -3.22. The van der Waals surface area contributed by atoms with Crippen LogP contribution in [0.25, 0.3) is 0 Å². The molecule has 3 aromatic rings. The van der Waals surface area contributed by atoms with Crippen molar-refractivity contribution in [2.24, 2.45) is 0 Å². The van der Waals surface area contributed by atoms with Gasteiger partial charge in [0.15, 0.2) is 5.82 Å². The van der Waals surface area contributed by atoms with E-state index in [0.717, 1.165) is 0 Å². The molecule has 3 rings (SSSR count). The van der Waals surface area contributed by atoms with E-state index in [0.29, 0.717) is 41.4 Å². The molecule has 0 spiro atoms. The molecule has 25 heavy (non-hydrogen) atoms. The summed E-state index contributed by atoms with van der Waals surface area (Å²) in [4.78, 5) is 16.3. The van der Waals surface area contributed by atoms with Gasteiger partial charge in [0.1, 0.15) is 11.6 Å². The molecule has 7 heteroatoms. The van der Waals surface area contributed by atoms with Gasteiger partial charge in [0.25, 0.3) is 5.91 Å². The molecule has 0 bridgehead atoms. The quantitative estimate of drug-likeness (QED) is 0.720. The number of amides is 1. The van der Waals surface area contributed by atoms with E-state index >= 15 is 0 Å². The van der Waals surface area contributed by atoms with Gasteiger partial charge >= 0.3 is 0 Å². The second kappa shape index (κ2) is 7.57. The molecule has 2 heterocycles. The van der Waals surface area contributed by atoms with Crippen LogP contribution in [0.15, 0.2) is 53.3 Å². The number of aromatic nitrogens is 2. The number of aryl methyl sites for hydroxylation is 1. The Labute approximate surface area is 144 Å². The molecule has 2 N–H and O–H groups in total. The minimum absolute atomic E-state index is 0.271. The average Bonchev–Trinajstić information content (AvgIpc) is 3.01. The van der Waals surface area contributed by atoms with E-state index in [9.17, 15) is 9.18 Å². The van der Waals surface area contributed by atoms with Gasteiger partial charge in [-0.05, 0) is 31.0 Å². The van der Waals surface area contributed by atoms with E-state index in [2.05, 4.69) is 20.8 Å². The number of rotatable bonds is 6. The third-order valence-electron chi connectivity index (χ3n) is 3.54.